The Labute approximate surface area is 276 Å². The number of benzene rings is 2. The highest BCUT2D eigenvalue weighted by molar-refractivity contribution is 5.64. The van der Waals surface area contributed by atoms with Gasteiger partial charge >= 0.3 is 0 Å². The van der Waals surface area contributed by atoms with Gasteiger partial charge in [0.15, 0.2) is 0 Å². The van der Waals surface area contributed by atoms with Crippen molar-refractivity contribution in [3.8, 4) is 0 Å². The summed E-state index contributed by atoms with van der Waals surface area (Å²) in [6.45, 7) is 4.77. The fraction of sp³-hybridized carbons (Fsp3) is 0.364. The molecule has 0 aromatic heterocycles. The largest absolute Gasteiger partial charge is 0.338 e. The summed E-state index contributed by atoms with van der Waals surface area (Å²) in [7, 11) is 0. The van der Waals surface area contributed by atoms with E-state index in [1.807, 2.05) is 0 Å². The third-order valence-corrected chi connectivity index (χ3v) is 11.5. The molecule has 2 aromatic rings. The minimum absolute atomic E-state index is 0.381. The van der Waals surface area contributed by atoms with E-state index < -0.39 is 0 Å². The second kappa shape index (κ2) is 12.6. The molecule has 0 saturated heterocycles. The quantitative estimate of drug-likeness (QED) is 0.303. The molecule has 6 aliphatic rings. The van der Waals surface area contributed by atoms with Gasteiger partial charge in [0.25, 0.3) is 0 Å². The van der Waals surface area contributed by atoms with Crippen LogP contribution in [-0.4, -0.2) is 12.1 Å². The molecule has 0 amide bonds. The summed E-state index contributed by atoms with van der Waals surface area (Å²) < 4.78 is 0. The van der Waals surface area contributed by atoms with Gasteiger partial charge in [0.1, 0.15) is 0 Å². The number of nitrogens with zero attached hydrogens (tertiary/aromatic N) is 2. The van der Waals surface area contributed by atoms with Crippen molar-refractivity contribution in [2.45, 2.75) is 83.2 Å². The Kier molecular flexibility index (Phi) is 8.06. The number of rotatable bonds is 6. The van der Waals surface area contributed by atoms with E-state index in [-0.39, 0.29) is 0 Å². The van der Waals surface area contributed by atoms with E-state index in [2.05, 4.69) is 145 Å². The van der Waals surface area contributed by atoms with Gasteiger partial charge in [-0.05, 0) is 122 Å². The SMILES string of the molecule is CC1CC=CC=C1C1=CCC(N(C2=CC(C)C(c3ccc(N4C5=C(CCC=C5)C5CCC=CC54)cc3)C=C2)c2ccccc2)CC1. The fourth-order valence-corrected chi connectivity index (χ4v) is 9.10. The van der Waals surface area contributed by atoms with Crippen molar-refractivity contribution in [3.63, 3.8) is 0 Å². The first-order valence-electron chi connectivity index (χ1n) is 17.9. The first-order chi connectivity index (χ1) is 22.7. The molecule has 0 radical (unpaired) electrons. The maximum atomic E-state index is 2.63. The Bertz CT molecular complexity index is 1690. The van der Waals surface area contributed by atoms with Gasteiger partial charge in [-0.15, -0.1) is 0 Å². The molecule has 0 fully saturated rings. The van der Waals surface area contributed by atoms with Crippen LogP contribution in [0.3, 0.4) is 0 Å². The van der Waals surface area contributed by atoms with Crippen molar-refractivity contribution in [1.29, 1.82) is 0 Å². The molecule has 234 valence electrons. The predicted molar refractivity (Wildman–Crippen MR) is 195 cm³/mol. The van der Waals surface area contributed by atoms with Crippen LogP contribution in [0.2, 0.25) is 0 Å². The number of allylic oxidation sites excluding steroid dienone is 11. The van der Waals surface area contributed by atoms with E-state index in [1.54, 1.807) is 16.7 Å². The van der Waals surface area contributed by atoms with Gasteiger partial charge in [-0.1, -0.05) is 98.9 Å². The molecule has 2 heteroatoms. The van der Waals surface area contributed by atoms with Crippen molar-refractivity contribution >= 4 is 11.4 Å². The second-order valence-electron chi connectivity index (χ2n) is 14.3. The molecule has 6 unspecified atom stereocenters. The lowest BCUT2D eigenvalue weighted by Gasteiger charge is -2.39. The van der Waals surface area contributed by atoms with Crippen LogP contribution in [-0.2, 0) is 0 Å². The predicted octanol–water partition coefficient (Wildman–Crippen LogP) is 11.1. The van der Waals surface area contributed by atoms with Crippen LogP contribution in [0.4, 0.5) is 11.4 Å². The zero-order chi connectivity index (χ0) is 31.0. The topological polar surface area (TPSA) is 6.48 Å². The first kappa shape index (κ1) is 29.4. The van der Waals surface area contributed by atoms with Crippen molar-refractivity contribution in [2.75, 3.05) is 9.80 Å². The average molecular weight is 605 g/mol. The third kappa shape index (κ3) is 5.40. The molecule has 1 heterocycles. The van der Waals surface area contributed by atoms with Crippen LogP contribution in [0.15, 0.2) is 150 Å². The number of hydrogen-bond donors (Lipinski definition) is 0. The number of anilines is 2. The zero-order valence-electron chi connectivity index (χ0n) is 27.6. The van der Waals surface area contributed by atoms with Crippen LogP contribution in [0, 0.1) is 17.8 Å². The van der Waals surface area contributed by atoms with Gasteiger partial charge in [-0.25, -0.2) is 0 Å². The lowest BCUT2D eigenvalue weighted by molar-refractivity contribution is 0.501. The second-order valence-corrected chi connectivity index (χ2v) is 14.3. The van der Waals surface area contributed by atoms with Crippen LogP contribution in [0.5, 0.6) is 0 Å². The molecule has 2 aromatic carbocycles. The first-order valence-corrected chi connectivity index (χ1v) is 17.9. The summed E-state index contributed by atoms with van der Waals surface area (Å²) in [5.41, 5.74) is 11.7. The highest BCUT2D eigenvalue weighted by Gasteiger charge is 2.40. The molecule has 46 heavy (non-hydrogen) atoms. The van der Waals surface area contributed by atoms with E-state index in [0.29, 0.717) is 35.8 Å². The molecule has 0 bridgehead atoms. The van der Waals surface area contributed by atoms with E-state index in [4.69, 9.17) is 0 Å². The Hall–Kier alpha value is -4.04. The van der Waals surface area contributed by atoms with E-state index in [0.717, 1.165) is 19.3 Å². The van der Waals surface area contributed by atoms with Gasteiger partial charge in [0, 0.05) is 40.6 Å². The maximum Gasteiger partial charge on any atom is 0.0588 e. The molecule has 1 aliphatic heterocycles. The van der Waals surface area contributed by atoms with Gasteiger partial charge < -0.3 is 9.80 Å². The normalized spacial score (nSPS) is 30.0. The molecular weight excluding hydrogens is 556 g/mol. The summed E-state index contributed by atoms with van der Waals surface area (Å²) in [5, 5.41) is 0. The minimum atomic E-state index is 0.381. The van der Waals surface area contributed by atoms with E-state index >= 15 is 0 Å². The summed E-state index contributed by atoms with van der Waals surface area (Å²) in [6.07, 6.45) is 36.0. The lowest BCUT2D eigenvalue weighted by atomic mass is 9.81. The number of fused-ring (bicyclic) bond motifs is 2. The van der Waals surface area contributed by atoms with Crippen molar-refractivity contribution < 1.29 is 0 Å². The molecule has 0 saturated carbocycles. The van der Waals surface area contributed by atoms with Gasteiger partial charge in [0.05, 0.1) is 6.04 Å². The molecule has 8 rings (SSSR count). The van der Waals surface area contributed by atoms with E-state index in [9.17, 15) is 0 Å². The molecule has 5 aliphatic carbocycles. The van der Waals surface area contributed by atoms with Crippen molar-refractivity contribution in [3.05, 3.63) is 155 Å². The molecule has 0 spiro atoms. The molecule has 0 N–H and O–H groups in total. The molecule has 6 atom stereocenters. The maximum absolute atomic E-state index is 2.63. The Morgan fingerprint density at radius 2 is 1.67 bits per heavy atom. The summed E-state index contributed by atoms with van der Waals surface area (Å²) >= 11 is 0. The monoisotopic (exact) mass is 604 g/mol. The van der Waals surface area contributed by atoms with Crippen molar-refractivity contribution in [2.24, 2.45) is 17.8 Å². The highest BCUT2D eigenvalue weighted by atomic mass is 15.2. The Morgan fingerprint density at radius 1 is 0.804 bits per heavy atom. The fourth-order valence-electron chi connectivity index (χ4n) is 9.10. The highest BCUT2D eigenvalue weighted by Crippen LogP contribution is 2.47. The minimum Gasteiger partial charge on any atom is -0.338 e. The van der Waals surface area contributed by atoms with Crippen molar-refractivity contribution in [1.82, 2.24) is 0 Å². The Morgan fingerprint density at radius 3 is 2.46 bits per heavy atom. The number of para-hydroxylation sites is 1. The van der Waals surface area contributed by atoms with Crippen LogP contribution in [0.25, 0.3) is 0 Å². The summed E-state index contributed by atoms with van der Waals surface area (Å²) in [6, 6.07) is 21.6. The molecular formula is C44H48N2. The average Bonchev–Trinajstić information content (AvgIpc) is 3.44. The summed E-state index contributed by atoms with van der Waals surface area (Å²) in [4.78, 5) is 5.25. The Balaban J connectivity index is 1.02. The van der Waals surface area contributed by atoms with E-state index in [1.165, 1.54) is 60.4 Å². The smallest absolute Gasteiger partial charge is 0.0588 e. The van der Waals surface area contributed by atoms with Gasteiger partial charge in [0.2, 0.25) is 0 Å². The lowest BCUT2D eigenvalue weighted by Crippen LogP contribution is -2.36. The van der Waals surface area contributed by atoms with Gasteiger partial charge in [-0.3, -0.25) is 0 Å². The molecule has 2 nitrogen and oxygen atoms in total. The van der Waals surface area contributed by atoms with Crippen LogP contribution >= 0.6 is 0 Å². The van der Waals surface area contributed by atoms with Crippen LogP contribution in [0.1, 0.15) is 76.7 Å². The number of hydrogen-bond acceptors (Lipinski definition) is 2. The van der Waals surface area contributed by atoms with Gasteiger partial charge in [-0.2, -0.15) is 0 Å². The van der Waals surface area contributed by atoms with Crippen LogP contribution < -0.4 is 9.80 Å². The summed E-state index contributed by atoms with van der Waals surface area (Å²) in [5.74, 6) is 2.10. The third-order valence-electron chi connectivity index (χ3n) is 11.5. The standard InChI is InChI=1S/C44H48N2/c1-31-12-6-7-15-39(31)33-20-24-36(25-21-33)45(35-13-4-3-5-14-35)38-28-29-40(32(2)30-38)34-22-26-37(27-23-34)46-43-18-10-8-16-41(43)42-17-9-11-19-44(42)46/h3-7,10-11,13-15,18-20,22-23,26-32,36,40-41,43H,8-9,12,16-17,21,24-25H2,1-2H3. The zero-order valence-corrected chi connectivity index (χ0v) is 27.6.